The number of carbonyl (C=O) groups excluding carboxylic acids is 5. The molecule has 2 aliphatic carbocycles. The number of ether oxygens (including phenoxy) is 2. The number of likely N-dealkylation sites (tertiary alicyclic amines) is 1. The fraction of sp³-hybridized carbons (Fsp3) is 0.711. The van der Waals surface area contributed by atoms with Crippen molar-refractivity contribution in [3.8, 4) is 0 Å². The third-order valence-corrected chi connectivity index (χ3v) is 12.4. The number of nitrogens with one attached hydrogen (secondary N) is 5. The van der Waals surface area contributed by atoms with Gasteiger partial charge in [-0.2, -0.15) is 13.2 Å². The molecule has 2 heterocycles. The van der Waals surface area contributed by atoms with E-state index in [1.54, 1.807) is 25.7 Å². The minimum atomic E-state index is -4.55. The molecule has 0 spiro atoms. The largest absolute Gasteiger partial charge is 0.444 e. The topological polar surface area (TPSA) is 196 Å². The van der Waals surface area contributed by atoms with Crippen molar-refractivity contribution in [3.63, 3.8) is 0 Å². The fourth-order valence-electron chi connectivity index (χ4n) is 8.78. The van der Waals surface area contributed by atoms with Crippen LogP contribution in [0.4, 0.5) is 23.8 Å². The van der Waals surface area contributed by atoms with Gasteiger partial charge in [-0.05, 0) is 124 Å². The third kappa shape index (κ3) is 15.2. The molecule has 356 valence electrons. The molecule has 3 fully saturated rings. The molecule has 1 aromatic carbocycles. The number of hydrogen-bond donors (Lipinski definition) is 5. The molecule has 0 radical (unpaired) electrons. The molecule has 1 aliphatic heterocycles. The Hall–Kier alpha value is -4.78. The summed E-state index contributed by atoms with van der Waals surface area (Å²) in [6, 6.07) is 2.45. The first-order valence-electron chi connectivity index (χ1n) is 22.8. The Morgan fingerprint density at radius 1 is 0.891 bits per heavy atom. The first-order chi connectivity index (χ1) is 30.3. The first kappa shape index (κ1) is 50.2. The van der Waals surface area contributed by atoms with E-state index >= 15 is 0 Å². The SMILES string of the molecule is CC(C)N(C)[C@@H]1CC[C@H](N2CC[C@H](Nc3ncnc4ccc(C(F)(F)F)cc34)C2=O)[C@H](NC(=O)CCCC(=O)NC2CCC(CNC(=O)CCOCCNC(=O)OC(C)(C)C)CC2)C1. The highest BCUT2D eigenvalue weighted by Crippen LogP contribution is 2.35. The second-order valence-electron chi connectivity index (χ2n) is 18.7. The number of alkyl carbamates (subject to hydrolysis) is 1. The van der Waals surface area contributed by atoms with Crippen molar-refractivity contribution in [3.05, 3.63) is 30.1 Å². The van der Waals surface area contributed by atoms with Gasteiger partial charge in [0.1, 0.15) is 23.8 Å². The molecular weight excluding hydrogens is 836 g/mol. The maximum Gasteiger partial charge on any atom is 0.416 e. The summed E-state index contributed by atoms with van der Waals surface area (Å²) >= 11 is 0. The first-order valence-corrected chi connectivity index (χ1v) is 22.8. The minimum Gasteiger partial charge on any atom is -0.444 e. The number of alkyl halides is 3. The molecule has 1 saturated heterocycles. The monoisotopic (exact) mass is 904 g/mol. The Labute approximate surface area is 374 Å². The van der Waals surface area contributed by atoms with Crippen molar-refractivity contribution >= 4 is 46.4 Å². The van der Waals surface area contributed by atoms with Gasteiger partial charge in [0, 0.05) is 62.4 Å². The molecule has 64 heavy (non-hydrogen) atoms. The zero-order valence-electron chi connectivity index (χ0n) is 38.2. The van der Waals surface area contributed by atoms with Crippen molar-refractivity contribution in [1.29, 1.82) is 0 Å². The number of aromatic nitrogens is 2. The quantitative estimate of drug-likeness (QED) is 0.115. The molecule has 5 rings (SSSR count). The Kier molecular flexibility index (Phi) is 18.0. The molecule has 3 aliphatic rings. The van der Waals surface area contributed by atoms with Gasteiger partial charge in [0.25, 0.3) is 0 Å². The number of rotatable bonds is 19. The molecule has 5 amide bonds. The van der Waals surface area contributed by atoms with Gasteiger partial charge in [0.15, 0.2) is 0 Å². The number of nitrogens with zero attached hydrogens (tertiary/aromatic N) is 4. The van der Waals surface area contributed by atoms with Crippen LogP contribution in [-0.2, 0) is 34.8 Å². The molecule has 0 unspecified atom stereocenters. The predicted molar refractivity (Wildman–Crippen MR) is 235 cm³/mol. The summed E-state index contributed by atoms with van der Waals surface area (Å²) in [6.07, 6.45) is 3.03. The van der Waals surface area contributed by atoms with E-state index in [1.807, 2.05) is 0 Å². The lowest BCUT2D eigenvalue weighted by atomic mass is 9.84. The molecule has 1 aromatic heterocycles. The lowest BCUT2D eigenvalue weighted by molar-refractivity contribution is -0.137. The van der Waals surface area contributed by atoms with Crippen LogP contribution in [0.25, 0.3) is 10.9 Å². The number of carbonyl (C=O) groups is 5. The Balaban J connectivity index is 1.02. The van der Waals surface area contributed by atoms with Gasteiger partial charge in [0.05, 0.1) is 36.4 Å². The average molecular weight is 904 g/mol. The van der Waals surface area contributed by atoms with Crippen LogP contribution in [0, 0.1) is 5.92 Å². The molecular formula is C45H68F3N9O7. The van der Waals surface area contributed by atoms with Gasteiger partial charge in [-0.1, -0.05) is 0 Å². The van der Waals surface area contributed by atoms with E-state index in [4.69, 9.17) is 9.47 Å². The highest BCUT2D eigenvalue weighted by Gasteiger charge is 2.43. The standard InChI is InChI=1S/C45H68F3N9O7/c1-28(2)56(6)32-15-17-37(57-21-18-35(42(57)61)55-41-33-24-30(45(46,47)48)12-16-34(33)51-27-52-41)36(25-32)54-40(60)9-7-8-39(59)53-31-13-10-29(11-14-31)26-50-38(58)19-22-63-23-20-49-43(62)64-44(3,4)5/h12,16,24,27-29,31-32,35-37H,7-11,13-15,17-23,25-26H2,1-6H3,(H,49,62)(H,50,58)(H,53,59)(H,54,60)(H,51,52,55)/t29?,31?,32-,35+,36-,37+/m1/s1. The number of anilines is 1. The highest BCUT2D eigenvalue weighted by atomic mass is 19.4. The molecule has 2 saturated carbocycles. The fourth-order valence-corrected chi connectivity index (χ4v) is 8.78. The van der Waals surface area contributed by atoms with Crippen molar-refractivity contribution in [2.75, 3.05) is 45.2 Å². The highest BCUT2D eigenvalue weighted by molar-refractivity contribution is 5.93. The van der Waals surface area contributed by atoms with Gasteiger partial charge in [-0.3, -0.25) is 19.2 Å². The van der Waals surface area contributed by atoms with E-state index in [9.17, 15) is 37.1 Å². The number of halogens is 3. The van der Waals surface area contributed by atoms with Crippen LogP contribution in [0.15, 0.2) is 24.5 Å². The van der Waals surface area contributed by atoms with Crippen LogP contribution in [0.5, 0.6) is 0 Å². The molecule has 5 N–H and O–H groups in total. The van der Waals surface area contributed by atoms with Crippen LogP contribution in [0.2, 0.25) is 0 Å². The summed E-state index contributed by atoms with van der Waals surface area (Å²) in [6.45, 7) is 11.4. The summed E-state index contributed by atoms with van der Waals surface area (Å²) in [4.78, 5) is 76.7. The predicted octanol–water partition coefficient (Wildman–Crippen LogP) is 5.30. The summed E-state index contributed by atoms with van der Waals surface area (Å²) < 4.78 is 51.2. The second kappa shape index (κ2) is 22.9. The molecule has 2 aromatic rings. The molecule has 16 nitrogen and oxygen atoms in total. The average Bonchev–Trinajstić information content (AvgIpc) is 3.58. The lowest BCUT2D eigenvalue weighted by Crippen LogP contribution is -2.58. The number of fused-ring (bicyclic) bond motifs is 1. The zero-order valence-corrected chi connectivity index (χ0v) is 38.2. The van der Waals surface area contributed by atoms with E-state index in [1.165, 1.54) is 12.4 Å². The van der Waals surface area contributed by atoms with Crippen LogP contribution in [0.3, 0.4) is 0 Å². The molecule has 19 heteroatoms. The summed E-state index contributed by atoms with van der Waals surface area (Å²) in [5, 5.41) is 15.2. The van der Waals surface area contributed by atoms with Gasteiger partial charge in [0.2, 0.25) is 23.6 Å². The third-order valence-electron chi connectivity index (χ3n) is 12.4. The van der Waals surface area contributed by atoms with E-state index in [0.717, 1.165) is 44.2 Å². The van der Waals surface area contributed by atoms with Gasteiger partial charge in [-0.25, -0.2) is 14.8 Å². The normalized spacial score (nSPS) is 23.0. The summed E-state index contributed by atoms with van der Waals surface area (Å²) in [5.41, 5.74) is -1.08. The Morgan fingerprint density at radius 3 is 2.30 bits per heavy atom. The number of hydrogen-bond acceptors (Lipinski definition) is 11. The van der Waals surface area contributed by atoms with Crippen LogP contribution in [-0.4, -0.2) is 131 Å². The second-order valence-corrected chi connectivity index (χ2v) is 18.7. The molecule has 0 bridgehead atoms. The Morgan fingerprint density at radius 2 is 1.61 bits per heavy atom. The molecule has 4 atom stereocenters. The summed E-state index contributed by atoms with van der Waals surface area (Å²) in [7, 11) is 2.06. The van der Waals surface area contributed by atoms with Gasteiger partial charge >= 0.3 is 12.3 Å². The van der Waals surface area contributed by atoms with Crippen molar-refractivity contribution in [2.45, 2.75) is 160 Å². The van der Waals surface area contributed by atoms with Crippen LogP contribution >= 0.6 is 0 Å². The zero-order chi connectivity index (χ0) is 46.6. The van der Waals surface area contributed by atoms with Crippen LogP contribution < -0.4 is 26.6 Å². The smallest absolute Gasteiger partial charge is 0.416 e. The van der Waals surface area contributed by atoms with Gasteiger partial charge < -0.3 is 45.9 Å². The number of amides is 5. The number of benzene rings is 1. The van der Waals surface area contributed by atoms with E-state index in [0.29, 0.717) is 50.2 Å². The maximum absolute atomic E-state index is 14.0. The van der Waals surface area contributed by atoms with Crippen molar-refractivity contribution < 1.29 is 46.6 Å². The Bertz CT molecular complexity index is 1900. The van der Waals surface area contributed by atoms with E-state index in [2.05, 4.69) is 62.3 Å². The van der Waals surface area contributed by atoms with E-state index in [-0.39, 0.29) is 104 Å². The van der Waals surface area contributed by atoms with Crippen molar-refractivity contribution in [2.24, 2.45) is 5.92 Å². The van der Waals surface area contributed by atoms with E-state index < -0.39 is 29.5 Å². The lowest BCUT2D eigenvalue weighted by Gasteiger charge is -2.44. The van der Waals surface area contributed by atoms with Crippen molar-refractivity contribution in [1.82, 2.24) is 41.0 Å². The minimum absolute atomic E-state index is 0.0376. The van der Waals surface area contributed by atoms with Gasteiger partial charge in [-0.15, -0.1) is 0 Å². The summed E-state index contributed by atoms with van der Waals surface area (Å²) in [5.74, 6) is -0.114. The maximum atomic E-state index is 14.0. The van der Waals surface area contributed by atoms with Crippen LogP contribution in [0.1, 0.15) is 117 Å².